The lowest BCUT2D eigenvalue weighted by atomic mass is 10.0. The van der Waals surface area contributed by atoms with Gasteiger partial charge in [0, 0.05) is 24.4 Å². The van der Waals surface area contributed by atoms with E-state index < -0.39 is 29.3 Å². The van der Waals surface area contributed by atoms with Gasteiger partial charge in [-0.1, -0.05) is 0 Å². The minimum Gasteiger partial charge on any atom is -0.465 e. The summed E-state index contributed by atoms with van der Waals surface area (Å²) in [4.78, 5) is 27.2. The zero-order valence-corrected chi connectivity index (χ0v) is 12.2. The summed E-state index contributed by atoms with van der Waals surface area (Å²) in [6.07, 6.45) is 0.108. The second kappa shape index (κ2) is 6.11. The van der Waals surface area contributed by atoms with Crippen molar-refractivity contribution in [2.24, 2.45) is 0 Å². The quantitative estimate of drug-likeness (QED) is 0.678. The van der Waals surface area contributed by atoms with Crippen molar-refractivity contribution in [1.82, 2.24) is 19.9 Å². The number of rotatable bonds is 4. The highest BCUT2D eigenvalue weighted by Gasteiger charge is 2.19. The third-order valence-corrected chi connectivity index (χ3v) is 3.42. The lowest BCUT2D eigenvalue weighted by Crippen LogP contribution is -2.30. The van der Waals surface area contributed by atoms with Crippen LogP contribution in [0.25, 0.3) is 5.65 Å². The average Bonchev–Trinajstić information content (AvgIpc) is 2.94. The summed E-state index contributed by atoms with van der Waals surface area (Å²) in [7, 11) is 0. The van der Waals surface area contributed by atoms with E-state index in [1.165, 1.54) is 16.8 Å². The first-order chi connectivity index (χ1) is 11.4. The minimum atomic E-state index is -1.34. The first-order valence-electron chi connectivity index (χ1n) is 6.94. The molecule has 1 amide bonds. The van der Waals surface area contributed by atoms with Crippen molar-refractivity contribution in [2.45, 2.75) is 12.5 Å². The van der Waals surface area contributed by atoms with Crippen molar-refractivity contribution < 1.29 is 18.7 Å². The zero-order chi connectivity index (χ0) is 17.3. The number of amides is 1. The molecule has 0 aliphatic rings. The Bertz CT molecular complexity index is 947. The van der Waals surface area contributed by atoms with Crippen LogP contribution in [0.3, 0.4) is 0 Å². The first-order valence-corrected chi connectivity index (χ1v) is 6.94. The number of hydrogen-bond acceptors (Lipinski definition) is 3. The number of nitrogens with zero attached hydrogens (tertiary/aromatic N) is 2. The summed E-state index contributed by atoms with van der Waals surface area (Å²) in [6.45, 7) is 0. The molecule has 2 aromatic heterocycles. The summed E-state index contributed by atoms with van der Waals surface area (Å²) < 4.78 is 27.8. The van der Waals surface area contributed by atoms with Crippen LogP contribution in [-0.2, 0) is 6.42 Å². The molecule has 2 heterocycles. The van der Waals surface area contributed by atoms with Crippen LogP contribution in [0.15, 0.2) is 41.3 Å². The van der Waals surface area contributed by atoms with Crippen LogP contribution in [0.4, 0.5) is 13.6 Å². The van der Waals surface area contributed by atoms with Gasteiger partial charge in [0.15, 0.2) is 5.65 Å². The molecule has 3 aromatic rings. The molecule has 0 saturated heterocycles. The van der Waals surface area contributed by atoms with Gasteiger partial charge in [0.1, 0.15) is 11.6 Å². The molecule has 1 atom stereocenters. The van der Waals surface area contributed by atoms with Gasteiger partial charge in [-0.25, -0.2) is 23.1 Å². The number of benzene rings is 1. The topological polar surface area (TPSA) is 99.5 Å². The maximum absolute atomic E-state index is 13.3. The van der Waals surface area contributed by atoms with Gasteiger partial charge >= 0.3 is 6.09 Å². The maximum atomic E-state index is 13.3. The standard InChI is InChI=1S/C15H12F2N4O3/c16-9-3-8(4-10(17)6-9)5-11(20-15(23)24)12-7-14(22)21-13(19-12)1-2-18-21/h1-4,6-7,11,18,20H,5H2,(H,23,24)/t11-/m0/s1. The van der Waals surface area contributed by atoms with E-state index in [1.54, 1.807) is 6.07 Å². The molecule has 0 fully saturated rings. The average molecular weight is 334 g/mol. The number of hydrogen-bond donors (Lipinski definition) is 3. The summed E-state index contributed by atoms with van der Waals surface area (Å²) in [5.41, 5.74) is 0.275. The van der Waals surface area contributed by atoms with Crippen molar-refractivity contribution in [3.63, 3.8) is 0 Å². The molecule has 7 nitrogen and oxygen atoms in total. The summed E-state index contributed by atoms with van der Waals surface area (Å²) in [5.74, 6) is -1.54. The second-order valence-corrected chi connectivity index (χ2v) is 5.16. The smallest absolute Gasteiger partial charge is 0.405 e. The first kappa shape index (κ1) is 15.7. The molecule has 0 aliphatic heterocycles. The number of carboxylic acid groups (broad SMARTS) is 1. The molecular formula is C15H12F2N4O3. The SMILES string of the molecule is O=C(O)N[C@@H](Cc1cc(F)cc(F)c1)c1cc(=O)n2[nH]ccc2n1. The van der Waals surface area contributed by atoms with E-state index in [2.05, 4.69) is 15.4 Å². The van der Waals surface area contributed by atoms with Gasteiger partial charge in [0.05, 0.1) is 11.7 Å². The number of halogens is 2. The van der Waals surface area contributed by atoms with E-state index in [4.69, 9.17) is 5.11 Å². The number of aromatic nitrogens is 3. The van der Waals surface area contributed by atoms with Gasteiger partial charge in [-0.2, -0.15) is 0 Å². The van der Waals surface area contributed by atoms with Gasteiger partial charge < -0.3 is 10.4 Å². The van der Waals surface area contributed by atoms with Crippen molar-refractivity contribution in [3.05, 3.63) is 69.8 Å². The van der Waals surface area contributed by atoms with Gasteiger partial charge in [-0.05, 0) is 24.1 Å². The Balaban J connectivity index is 2.01. The molecule has 0 saturated carbocycles. The maximum Gasteiger partial charge on any atom is 0.405 e. The summed E-state index contributed by atoms with van der Waals surface area (Å²) >= 11 is 0. The van der Waals surface area contributed by atoms with Crippen LogP contribution < -0.4 is 10.9 Å². The lowest BCUT2D eigenvalue weighted by molar-refractivity contribution is 0.189. The number of aromatic amines is 1. The van der Waals surface area contributed by atoms with Crippen LogP contribution in [-0.4, -0.2) is 25.8 Å². The van der Waals surface area contributed by atoms with Crippen molar-refractivity contribution >= 4 is 11.7 Å². The van der Waals surface area contributed by atoms with E-state index in [1.807, 2.05) is 0 Å². The van der Waals surface area contributed by atoms with Crippen molar-refractivity contribution in [3.8, 4) is 0 Å². The molecule has 24 heavy (non-hydrogen) atoms. The molecule has 3 N–H and O–H groups in total. The highest BCUT2D eigenvalue weighted by molar-refractivity contribution is 5.65. The number of H-pyrrole nitrogens is 1. The van der Waals surface area contributed by atoms with E-state index in [0.29, 0.717) is 5.65 Å². The van der Waals surface area contributed by atoms with Gasteiger partial charge in [0.25, 0.3) is 5.56 Å². The summed E-state index contributed by atoms with van der Waals surface area (Å²) in [5, 5.41) is 13.9. The predicted molar refractivity (Wildman–Crippen MR) is 79.8 cm³/mol. The summed E-state index contributed by atoms with van der Waals surface area (Å²) in [6, 6.07) is 4.70. The monoisotopic (exact) mass is 334 g/mol. The van der Waals surface area contributed by atoms with Crippen molar-refractivity contribution in [1.29, 1.82) is 0 Å². The van der Waals surface area contributed by atoms with Crippen LogP contribution >= 0.6 is 0 Å². The van der Waals surface area contributed by atoms with Crippen LogP contribution in [0.2, 0.25) is 0 Å². The number of nitrogens with one attached hydrogen (secondary N) is 2. The molecule has 9 heteroatoms. The zero-order valence-electron chi connectivity index (χ0n) is 12.2. The predicted octanol–water partition coefficient (Wildman–Crippen LogP) is 1.85. The van der Waals surface area contributed by atoms with Gasteiger partial charge in [0.2, 0.25) is 0 Å². The Morgan fingerprint density at radius 2 is 2.00 bits per heavy atom. The molecular weight excluding hydrogens is 322 g/mol. The fourth-order valence-electron chi connectivity index (χ4n) is 2.47. The molecule has 0 radical (unpaired) electrons. The molecule has 0 bridgehead atoms. The Hall–Kier alpha value is -3.23. The Morgan fingerprint density at radius 1 is 1.29 bits per heavy atom. The molecule has 124 valence electrons. The highest BCUT2D eigenvalue weighted by atomic mass is 19.1. The fraction of sp³-hybridized carbons (Fsp3) is 0.133. The fourth-order valence-corrected chi connectivity index (χ4v) is 2.47. The van der Waals surface area contributed by atoms with Crippen molar-refractivity contribution in [2.75, 3.05) is 0 Å². The second-order valence-electron chi connectivity index (χ2n) is 5.16. The number of carbonyl (C=O) groups is 1. The Labute approximate surface area is 133 Å². The Morgan fingerprint density at radius 3 is 2.67 bits per heavy atom. The molecule has 1 aromatic carbocycles. The highest BCUT2D eigenvalue weighted by Crippen LogP contribution is 2.18. The normalized spacial score (nSPS) is 12.2. The Kier molecular flexibility index (Phi) is 3.98. The minimum absolute atomic E-state index is 0.0615. The largest absolute Gasteiger partial charge is 0.465 e. The van der Waals surface area contributed by atoms with Crippen LogP contribution in [0, 0.1) is 11.6 Å². The molecule has 0 unspecified atom stereocenters. The van der Waals surface area contributed by atoms with E-state index in [-0.39, 0.29) is 17.7 Å². The van der Waals surface area contributed by atoms with Crippen LogP contribution in [0.1, 0.15) is 17.3 Å². The molecule has 0 aliphatic carbocycles. The lowest BCUT2D eigenvalue weighted by Gasteiger charge is -2.16. The van der Waals surface area contributed by atoms with E-state index >= 15 is 0 Å². The molecule has 0 spiro atoms. The number of fused-ring (bicyclic) bond motifs is 1. The van der Waals surface area contributed by atoms with Gasteiger partial charge in [-0.15, -0.1) is 0 Å². The van der Waals surface area contributed by atoms with E-state index in [0.717, 1.165) is 18.2 Å². The van der Waals surface area contributed by atoms with E-state index in [9.17, 15) is 18.4 Å². The third kappa shape index (κ3) is 3.24. The van der Waals surface area contributed by atoms with Gasteiger partial charge in [-0.3, -0.25) is 9.89 Å². The molecule has 3 rings (SSSR count). The van der Waals surface area contributed by atoms with Crippen LogP contribution in [0.5, 0.6) is 0 Å². The third-order valence-electron chi connectivity index (χ3n) is 3.42.